The maximum absolute atomic E-state index is 12.9. The molecule has 0 saturated carbocycles. The molecular weight excluding hydrogens is 442 g/mol. The average Bonchev–Trinajstić information content (AvgIpc) is 3.44. The number of rotatable bonds is 5. The minimum atomic E-state index is 0.131. The zero-order valence-corrected chi connectivity index (χ0v) is 19.3. The quantitative estimate of drug-likeness (QED) is 0.453. The Morgan fingerprint density at radius 1 is 1.12 bits per heavy atom. The van der Waals surface area contributed by atoms with E-state index in [-0.39, 0.29) is 5.91 Å². The topological polar surface area (TPSA) is 82.9 Å². The van der Waals surface area contributed by atoms with E-state index in [2.05, 4.69) is 31.1 Å². The average molecular weight is 466 g/mol. The van der Waals surface area contributed by atoms with Crippen LogP contribution >= 0.6 is 23.6 Å². The first-order chi connectivity index (χ1) is 15.6. The van der Waals surface area contributed by atoms with Crippen molar-refractivity contribution in [3.8, 4) is 11.4 Å². The molecule has 1 saturated heterocycles. The zero-order chi connectivity index (χ0) is 22.1. The molecule has 1 amide bonds. The number of aromatic amines is 1. The molecule has 1 aliphatic rings. The van der Waals surface area contributed by atoms with E-state index in [1.807, 2.05) is 46.0 Å². The summed E-state index contributed by atoms with van der Waals surface area (Å²) in [5.74, 6) is 1.85. The summed E-state index contributed by atoms with van der Waals surface area (Å²) in [6.07, 6.45) is 2.00. The van der Waals surface area contributed by atoms with Crippen molar-refractivity contribution >= 4 is 45.5 Å². The van der Waals surface area contributed by atoms with Crippen molar-refractivity contribution in [2.45, 2.75) is 19.9 Å². The highest BCUT2D eigenvalue weighted by atomic mass is 32.1. The summed E-state index contributed by atoms with van der Waals surface area (Å²) in [5.41, 5.74) is 2.17. The van der Waals surface area contributed by atoms with Crippen molar-refractivity contribution < 1.29 is 4.79 Å². The number of hydrogen-bond donors (Lipinski definition) is 1. The molecule has 1 aliphatic heterocycles. The van der Waals surface area contributed by atoms with Gasteiger partial charge in [-0.2, -0.15) is 5.10 Å². The minimum absolute atomic E-state index is 0.131. The van der Waals surface area contributed by atoms with Crippen molar-refractivity contribution in [1.82, 2.24) is 29.6 Å². The van der Waals surface area contributed by atoms with E-state index in [9.17, 15) is 4.79 Å². The second kappa shape index (κ2) is 8.79. The number of nitrogens with zero attached hydrogens (tertiary/aromatic N) is 6. The molecule has 8 nitrogen and oxygen atoms in total. The van der Waals surface area contributed by atoms with Crippen LogP contribution in [0.3, 0.4) is 0 Å². The summed E-state index contributed by atoms with van der Waals surface area (Å²) < 4.78 is 2.43. The monoisotopic (exact) mass is 465 g/mol. The minimum Gasteiger partial charge on any atom is -0.352 e. The lowest BCUT2D eigenvalue weighted by Crippen LogP contribution is -2.49. The molecule has 164 valence electrons. The fraction of sp³-hybridized carbons (Fsp3) is 0.318. The third-order valence-electron chi connectivity index (χ3n) is 5.79. The Labute approximate surface area is 194 Å². The van der Waals surface area contributed by atoms with Crippen LogP contribution in [0.4, 0.5) is 5.82 Å². The fourth-order valence-electron chi connectivity index (χ4n) is 4.01. The van der Waals surface area contributed by atoms with E-state index < -0.39 is 0 Å². The number of aryl methyl sites for hydroxylation is 1. The first kappa shape index (κ1) is 20.8. The molecule has 0 aliphatic carbocycles. The first-order valence-corrected chi connectivity index (χ1v) is 11.8. The molecule has 3 aromatic heterocycles. The van der Waals surface area contributed by atoms with Crippen LogP contribution in [0.15, 0.2) is 42.0 Å². The summed E-state index contributed by atoms with van der Waals surface area (Å²) in [6.45, 7) is 5.42. The van der Waals surface area contributed by atoms with Crippen molar-refractivity contribution in [2.75, 3.05) is 31.1 Å². The van der Waals surface area contributed by atoms with Gasteiger partial charge in [-0.1, -0.05) is 29.8 Å². The van der Waals surface area contributed by atoms with Crippen molar-refractivity contribution in [3.05, 3.63) is 52.4 Å². The van der Waals surface area contributed by atoms with E-state index >= 15 is 0 Å². The van der Waals surface area contributed by atoms with Gasteiger partial charge >= 0.3 is 0 Å². The van der Waals surface area contributed by atoms with E-state index in [1.54, 1.807) is 17.7 Å². The smallest absolute Gasteiger partial charge is 0.224 e. The molecule has 1 aromatic carbocycles. The maximum atomic E-state index is 12.9. The predicted octanol–water partition coefficient (Wildman–Crippen LogP) is 3.66. The molecular formula is C22H23N7OS2. The van der Waals surface area contributed by atoms with Gasteiger partial charge in [-0.3, -0.25) is 14.5 Å². The lowest BCUT2D eigenvalue weighted by Gasteiger charge is -2.35. The Bertz CT molecular complexity index is 1300. The predicted molar refractivity (Wildman–Crippen MR) is 128 cm³/mol. The number of amides is 1. The molecule has 1 fully saturated rings. The molecule has 1 N–H and O–H groups in total. The Morgan fingerprint density at radius 2 is 1.91 bits per heavy atom. The highest BCUT2D eigenvalue weighted by molar-refractivity contribution is 7.71. The van der Waals surface area contributed by atoms with Crippen LogP contribution in [0.2, 0.25) is 0 Å². The SMILES string of the molecule is Cc1ccc(-c2n[nH]c(=S)n2CCC(=O)N2CCN(c3ncnc4sccc34)CC2)cc1. The number of piperazine rings is 1. The van der Waals surface area contributed by atoms with Crippen LogP contribution in [-0.4, -0.2) is 61.7 Å². The number of carbonyl (C=O) groups is 1. The number of H-pyrrole nitrogens is 1. The number of benzene rings is 1. The van der Waals surface area contributed by atoms with Gasteiger partial charge in [-0.05, 0) is 30.6 Å². The number of carbonyl (C=O) groups excluding carboxylic acids is 1. The standard InChI is InChI=1S/C22H23N7OS2/c1-15-2-4-16(5-3-15)19-25-26-22(31)29(19)8-6-18(30)27-9-11-28(12-10-27)20-17-7-13-32-21(17)24-14-23-20/h2-5,7,13-14H,6,8-12H2,1H3,(H,26,31). The van der Waals surface area contributed by atoms with Gasteiger partial charge in [0.05, 0.1) is 5.39 Å². The van der Waals surface area contributed by atoms with Crippen molar-refractivity contribution in [1.29, 1.82) is 0 Å². The Balaban J connectivity index is 1.22. The van der Waals surface area contributed by atoms with Gasteiger partial charge < -0.3 is 9.80 Å². The van der Waals surface area contributed by atoms with E-state index in [0.717, 1.165) is 40.5 Å². The molecule has 4 aromatic rings. The van der Waals surface area contributed by atoms with E-state index in [1.165, 1.54) is 5.56 Å². The largest absolute Gasteiger partial charge is 0.352 e. The summed E-state index contributed by atoms with van der Waals surface area (Å²) in [6, 6.07) is 10.2. The molecule has 10 heteroatoms. The lowest BCUT2D eigenvalue weighted by atomic mass is 10.1. The van der Waals surface area contributed by atoms with Crippen LogP contribution < -0.4 is 4.90 Å². The van der Waals surface area contributed by atoms with Gasteiger partial charge in [0.1, 0.15) is 17.0 Å². The van der Waals surface area contributed by atoms with Crippen LogP contribution in [0.5, 0.6) is 0 Å². The third kappa shape index (κ3) is 4.03. The highest BCUT2D eigenvalue weighted by Gasteiger charge is 2.23. The fourth-order valence-corrected chi connectivity index (χ4v) is 4.96. The number of fused-ring (bicyclic) bond motifs is 1. The normalized spacial score (nSPS) is 14.3. The van der Waals surface area contributed by atoms with Gasteiger partial charge in [0.15, 0.2) is 10.6 Å². The van der Waals surface area contributed by atoms with Gasteiger partial charge in [0.2, 0.25) is 5.91 Å². The number of nitrogens with one attached hydrogen (secondary N) is 1. The molecule has 4 heterocycles. The number of hydrogen-bond acceptors (Lipinski definition) is 7. The highest BCUT2D eigenvalue weighted by Crippen LogP contribution is 2.27. The van der Waals surface area contributed by atoms with Gasteiger partial charge in [-0.25, -0.2) is 9.97 Å². The Hall–Kier alpha value is -3.11. The van der Waals surface area contributed by atoms with Crippen LogP contribution in [-0.2, 0) is 11.3 Å². The molecule has 0 bridgehead atoms. The van der Waals surface area contributed by atoms with Crippen LogP contribution in [0, 0.1) is 11.7 Å². The molecule has 0 unspecified atom stereocenters. The Kier molecular flexibility index (Phi) is 5.71. The molecule has 5 rings (SSSR count). The van der Waals surface area contributed by atoms with Crippen LogP contribution in [0.1, 0.15) is 12.0 Å². The Morgan fingerprint density at radius 3 is 2.69 bits per heavy atom. The summed E-state index contributed by atoms with van der Waals surface area (Å²) in [5, 5.41) is 10.4. The second-order valence-corrected chi connectivity index (χ2v) is 9.11. The van der Waals surface area contributed by atoms with E-state index in [4.69, 9.17) is 12.2 Å². The molecule has 32 heavy (non-hydrogen) atoms. The summed E-state index contributed by atoms with van der Waals surface area (Å²) in [4.78, 5) is 26.9. The number of aromatic nitrogens is 5. The summed E-state index contributed by atoms with van der Waals surface area (Å²) in [7, 11) is 0. The van der Waals surface area contributed by atoms with Crippen molar-refractivity contribution in [2.24, 2.45) is 0 Å². The summed E-state index contributed by atoms with van der Waals surface area (Å²) >= 11 is 7.03. The molecule has 0 radical (unpaired) electrons. The van der Waals surface area contributed by atoms with Gasteiger partial charge in [0, 0.05) is 44.7 Å². The molecule has 0 atom stereocenters. The maximum Gasteiger partial charge on any atom is 0.224 e. The number of anilines is 1. The van der Waals surface area contributed by atoms with Gasteiger partial charge in [-0.15, -0.1) is 11.3 Å². The lowest BCUT2D eigenvalue weighted by molar-refractivity contribution is -0.131. The first-order valence-electron chi connectivity index (χ1n) is 10.5. The van der Waals surface area contributed by atoms with Crippen molar-refractivity contribution in [3.63, 3.8) is 0 Å². The van der Waals surface area contributed by atoms with E-state index in [0.29, 0.717) is 30.8 Å². The zero-order valence-electron chi connectivity index (χ0n) is 17.7. The van der Waals surface area contributed by atoms with Gasteiger partial charge in [0.25, 0.3) is 0 Å². The molecule has 0 spiro atoms. The number of thiophene rings is 1. The second-order valence-electron chi connectivity index (χ2n) is 7.82. The third-order valence-corrected chi connectivity index (χ3v) is 6.92. The van der Waals surface area contributed by atoms with Crippen LogP contribution in [0.25, 0.3) is 21.6 Å².